The standard InChI is InChI=1S/C14H30N2O2S/c1-13(18-19)5-12-17-14(2,3)6-7-16-10-8-15(4)9-11-16/h13,19H,5-12H2,1-4H3. The quantitative estimate of drug-likeness (QED) is 0.546. The van der Waals surface area contributed by atoms with E-state index in [1.165, 1.54) is 26.2 Å². The lowest BCUT2D eigenvalue weighted by Crippen LogP contribution is -2.46. The minimum atomic E-state index is -0.0559. The smallest absolute Gasteiger partial charge is 0.0712 e. The van der Waals surface area contributed by atoms with Crippen molar-refractivity contribution in [1.82, 2.24) is 9.80 Å². The number of hydrogen-bond donors (Lipinski definition) is 1. The summed E-state index contributed by atoms with van der Waals surface area (Å²) < 4.78 is 10.9. The molecule has 0 saturated carbocycles. The van der Waals surface area contributed by atoms with Gasteiger partial charge in [0.05, 0.1) is 11.7 Å². The highest BCUT2D eigenvalue weighted by atomic mass is 32.1. The van der Waals surface area contributed by atoms with Crippen LogP contribution in [0.15, 0.2) is 0 Å². The molecule has 4 nitrogen and oxygen atoms in total. The Morgan fingerprint density at radius 1 is 1.21 bits per heavy atom. The molecule has 1 atom stereocenters. The van der Waals surface area contributed by atoms with Gasteiger partial charge >= 0.3 is 0 Å². The number of ether oxygens (including phenoxy) is 1. The average molecular weight is 290 g/mol. The molecule has 114 valence electrons. The fourth-order valence-corrected chi connectivity index (χ4v) is 2.23. The van der Waals surface area contributed by atoms with Crippen molar-refractivity contribution in [2.45, 2.75) is 45.3 Å². The maximum Gasteiger partial charge on any atom is 0.0712 e. The molecule has 0 amide bonds. The highest BCUT2D eigenvalue weighted by Crippen LogP contribution is 2.17. The highest BCUT2D eigenvalue weighted by molar-refractivity contribution is 7.75. The second kappa shape index (κ2) is 8.47. The van der Waals surface area contributed by atoms with Gasteiger partial charge in [0, 0.05) is 39.3 Å². The van der Waals surface area contributed by atoms with E-state index in [1.807, 2.05) is 6.92 Å². The van der Waals surface area contributed by atoms with E-state index in [0.29, 0.717) is 0 Å². The van der Waals surface area contributed by atoms with Gasteiger partial charge in [-0.05, 0) is 53.6 Å². The van der Waals surface area contributed by atoms with Crippen LogP contribution in [0.4, 0.5) is 0 Å². The molecular formula is C14H30N2O2S. The topological polar surface area (TPSA) is 24.9 Å². The van der Waals surface area contributed by atoms with Crippen molar-refractivity contribution in [2.75, 3.05) is 46.4 Å². The van der Waals surface area contributed by atoms with E-state index < -0.39 is 0 Å². The van der Waals surface area contributed by atoms with E-state index in [0.717, 1.165) is 26.0 Å². The molecule has 5 heteroatoms. The summed E-state index contributed by atoms with van der Waals surface area (Å²) in [5, 5.41) is 0. The van der Waals surface area contributed by atoms with Crippen molar-refractivity contribution in [3.8, 4) is 0 Å². The molecule has 1 saturated heterocycles. The van der Waals surface area contributed by atoms with Gasteiger partial charge in [-0.25, -0.2) is 0 Å². The Balaban J connectivity index is 2.15. The zero-order valence-corrected chi connectivity index (χ0v) is 13.8. The molecule has 1 unspecified atom stereocenters. The normalized spacial score (nSPS) is 20.7. The zero-order valence-electron chi connectivity index (χ0n) is 12.9. The fraction of sp³-hybridized carbons (Fsp3) is 1.00. The summed E-state index contributed by atoms with van der Waals surface area (Å²) in [6.07, 6.45) is 2.12. The Morgan fingerprint density at radius 2 is 1.84 bits per heavy atom. The maximum atomic E-state index is 5.96. The zero-order chi connectivity index (χ0) is 14.3. The van der Waals surface area contributed by atoms with Gasteiger partial charge in [0.1, 0.15) is 0 Å². The number of thiol groups is 1. The van der Waals surface area contributed by atoms with Gasteiger partial charge in [0.2, 0.25) is 0 Å². The summed E-state index contributed by atoms with van der Waals surface area (Å²) in [6, 6.07) is 0. The molecule has 0 radical (unpaired) electrons. The van der Waals surface area contributed by atoms with Crippen LogP contribution in [0.1, 0.15) is 33.6 Å². The number of nitrogens with zero attached hydrogens (tertiary/aromatic N) is 2. The van der Waals surface area contributed by atoms with Crippen LogP contribution in [0.5, 0.6) is 0 Å². The van der Waals surface area contributed by atoms with E-state index in [4.69, 9.17) is 8.92 Å². The molecule has 0 bridgehead atoms. The first kappa shape index (κ1) is 17.2. The maximum absolute atomic E-state index is 5.96. The Bertz CT molecular complexity index is 244. The first-order chi connectivity index (χ1) is 8.93. The van der Waals surface area contributed by atoms with Crippen LogP contribution >= 0.6 is 12.9 Å². The van der Waals surface area contributed by atoms with Gasteiger partial charge in [0.15, 0.2) is 0 Å². The Morgan fingerprint density at radius 3 is 2.42 bits per heavy atom. The lowest BCUT2D eigenvalue weighted by molar-refractivity contribution is -0.0382. The van der Waals surface area contributed by atoms with Gasteiger partial charge < -0.3 is 18.7 Å². The Labute approximate surface area is 124 Å². The van der Waals surface area contributed by atoms with Crippen molar-refractivity contribution in [2.24, 2.45) is 0 Å². The fourth-order valence-electron chi connectivity index (χ4n) is 2.12. The largest absolute Gasteiger partial charge is 0.375 e. The van der Waals surface area contributed by atoms with Gasteiger partial charge in [-0.15, -0.1) is 0 Å². The lowest BCUT2D eigenvalue weighted by atomic mass is 10.0. The third kappa shape index (κ3) is 7.51. The lowest BCUT2D eigenvalue weighted by Gasteiger charge is -2.35. The molecule has 0 spiro atoms. The first-order valence-corrected chi connectivity index (χ1v) is 7.64. The number of hydrogen-bond acceptors (Lipinski definition) is 5. The van der Waals surface area contributed by atoms with Crippen LogP contribution in [0.2, 0.25) is 0 Å². The molecule has 0 aliphatic carbocycles. The SMILES string of the molecule is CC(CCOC(C)(C)CCN1CCN(C)CC1)OS. The third-order valence-corrected chi connectivity index (χ3v) is 4.18. The van der Waals surface area contributed by atoms with Gasteiger partial charge in [-0.3, -0.25) is 0 Å². The molecule has 0 N–H and O–H groups in total. The molecule has 0 aromatic rings. The van der Waals surface area contributed by atoms with E-state index >= 15 is 0 Å². The third-order valence-electron chi connectivity index (χ3n) is 3.82. The van der Waals surface area contributed by atoms with Crippen LogP contribution in [0.3, 0.4) is 0 Å². The van der Waals surface area contributed by atoms with Gasteiger partial charge in [-0.2, -0.15) is 0 Å². The molecule has 1 aliphatic rings. The summed E-state index contributed by atoms with van der Waals surface area (Å²) in [7, 11) is 2.19. The van der Waals surface area contributed by atoms with Crippen molar-refractivity contribution >= 4 is 12.9 Å². The second-order valence-electron chi connectivity index (χ2n) is 6.21. The van der Waals surface area contributed by atoms with Gasteiger partial charge in [-0.1, -0.05) is 0 Å². The first-order valence-electron chi connectivity index (χ1n) is 7.28. The molecule has 1 rings (SSSR count). The monoisotopic (exact) mass is 290 g/mol. The predicted molar refractivity (Wildman–Crippen MR) is 82.7 cm³/mol. The molecule has 19 heavy (non-hydrogen) atoms. The predicted octanol–water partition coefficient (Wildman–Crippen LogP) is 2.06. The van der Waals surface area contributed by atoms with Crippen LogP contribution in [0.25, 0.3) is 0 Å². The van der Waals surface area contributed by atoms with E-state index in [-0.39, 0.29) is 11.7 Å². The highest BCUT2D eigenvalue weighted by Gasteiger charge is 2.21. The minimum Gasteiger partial charge on any atom is -0.375 e. The van der Waals surface area contributed by atoms with Crippen molar-refractivity contribution in [1.29, 1.82) is 0 Å². The van der Waals surface area contributed by atoms with Crippen LogP contribution < -0.4 is 0 Å². The summed E-state index contributed by atoms with van der Waals surface area (Å²) in [4.78, 5) is 4.92. The van der Waals surface area contributed by atoms with Crippen molar-refractivity contribution in [3.63, 3.8) is 0 Å². The molecule has 0 aromatic carbocycles. The number of rotatable bonds is 8. The summed E-state index contributed by atoms with van der Waals surface area (Å²) in [6.45, 7) is 12.9. The average Bonchev–Trinajstić information content (AvgIpc) is 2.38. The van der Waals surface area contributed by atoms with Gasteiger partial charge in [0.25, 0.3) is 0 Å². The summed E-state index contributed by atoms with van der Waals surface area (Å²) >= 11 is 3.81. The van der Waals surface area contributed by atoms with Crippen LogP contribution in [0, 0.1) is 0 Å². The van der Waals surface area contributed by atoms with E-state index in [2.05, 4.69) is 43.6 Å². The van der Waals surface area contributed by atoms with Crippen molar-refractivity contribution < 1.29 is 8.92 Å². The second-order valence-corrected chi connectivity index (χ2v) is 6.42. The molecule has 1 heterocycles. The molecule has 1 aliphatic heterocycles. The summed E-state index contributed by atoms with van der Waals surface area (Å²) in [5.41, 5.74) is -0.0559. The van der Waals surface area contributed by atoms with E-state index in [9.17, 15) is 0 Å². The number of likely N-dealkylation sites (N-methyl/N-ethyl adjacent to an activating group) is 1. The molecule has 0 aromatic heterocycles. The minimum absolute atomic E-state index is 0.0559. The van der Waals surface area contributed by atoms with Crippen LogP contribution in [-0.4, -0.2) is 67.9 Å². The Hall–Kier alpha value is 0.190. The van der Waals surface area contributed by atoms with Crippen molar-refractivity contribution in [3.05, 3.63) is 0 Å². The molecular weight excluding hydrogens is 260 g/mol. The number of piperazine rings is 1. The molecule has 1 fully saturated rings. The van der Waals surface area contributed by atoms with E-state index in [1.54, 1.807) is 0 Å². The Kier molecular flexibility index (Phi) is 7.69. The van der Waals surface area contributed by atoms with Crippen LogP contribution in [-0.2, 0) is 8.92 Å². The summed E-state index contributed by atoms with van der Waals surface area (Å²) in [5.74, 6) is 0.